The van der Waals surface area contributed by atoms with Crippen molar-refractivity contribution in [3.8, 4) is 0 Å². The van der Waals surface area contributed by atoms with Gasteiger partial charge in [0.1, 0.15) is 17.2 Å². The van der Waals surface area contributed by atoms with Gasteiger partial charge in [-0.2, -0.15) is 18.2 Å². The number of amides is 2. The number of hydrogen-bond donors (Lipinski definition) is 4. The van der Waals surface area contributed by atoms with Crippen molar-refractivity contribution in [1.82, 2.24) is 24.9 Å². The van der Waals surface area contributed by atoms with E-state index in [-0.39, 0.29) is 53.4 Å². The molecule has 1 saturated carbocycles. The van der Waals surface area contributed by atoms with E-state index in [1.54, 1.807) is 32.0 Å². The van der Waals surface area contributed by atoms with E-state index in [4.69, 9.17) is 0 Å². The molecule has 4 heterocycles. The van der Waals surface area contributed by atoms with Crippen molar-refractivity contribution in [2.24, 2.45) is 5.92 Å². The first-order valence-electron chi connectivity index (χ1n) is 20.3. The molecule has 3 atom stereocenters. The first kappa shape index (κ1) is 42.7. The van der Waals surface area contributed by atoms with Gasteiger partial charge in [-0.1, -0.05) is 6.07 Å². The molecule has 4 fully saturated rings. The average Bonchev–Trinajstić information content (AvgIpc) is 3.16. The van der Waals surface area contributed by atoms with E-state index < -0.39 is 39.2 Å². The number of aryl methyl sites for hydroxylation is 1. The third-order valence-electron chi connectivity index (χ3n) is 12.2. The number of nitrogens with one attached hydrogen (secondary N) is 3. The van der Waals surface area contributed by atoms with Crippen LogP contribution in [0, 0.1) is 18.7 Å². The van der Waals surface area contributed by atoms with Crippen LogP contribution in [0.2, 0.25) is 0 Å². The normalized spacial score (nSPS) is 26.2. The van der Waals surface area contributed by atoms with Crippen LogP contribution in [0.15, 0.2) is 47.5 Å². The summed E-state index contributed by atoms with van der Waals surface area (Å²) in [6.07, 6.45) is 0.641. The maximum Gasteiger partial charge on any atom is 0.421 e. The van der Waals surface area contributed by atoms with Gasteiger partial charge in [-0.05, 0) is 113 Å². The Balaban J connectivity index is 0.905. The summed E-state index contributed by atoms with van der Waals surface area (Å²) in [5, 5.41) is 15.8. The Morgan fingerprint density at radius 3 is 2.44 bits per heavy atom. The number of rotatable bonds is 10. The molecule has 18 heteroatoms. The van der Waals surface area contributed by atoms with Crippen molar-refractivity contribution >= 4 is 45.0 Å². The monoisotopic (exact) mass is 844 g/mol. The van der Waals surface area contributed by atoms with Gasteiger partial charge < -0.3 is 20.2 Å². The zero-order valence-corrected chi connectivity index (χ0v) is 34.3. The minimum Gasteiger partial charge on any atom is -0.388 e. The number of halogens is 4. The lowest BCUT2D eigenvalue weighted by molar-refractivity contribution is -0.138. The molecule has 3 aromatic rings. The number of aliphatic hydroxyl groups is 1. The Morgan fingerprint density at radius 1 is 1.02 bits per heavy atom. The van der Waals surface area contributed by atoms with Gasteiger partial charge in [0.15, 0.2) is 0 Å². The van der Waals surface area contributed by atoms with Crippen LogP contribution in [-0.4, -0.2) is 97.2 Å². The summed E-state index contributed by atoms with van der Waals surface area (Å²) < 4.78 is 87.0. The highest BCUT2D eigenvalue weighted by molar-refractivity contribution is 7.89. The second-order valence-electron chi connectivity index (χ2n) is 16.9. The fraction of sp³-hybridized carbons (Fsp3) is 0.561. The molecule has 0 bridgehead atoms. The number of anilines is 4. The number of hydrogen-bond acceptors (Lipinski definition) is 11. The zero-order valence-electron chi connectivity index (χ0n) is 33.5. The Labute approximate surface area is 342 Å². The van der Waals surface area contributed by atoms with Crippen LogP contribution >= 0.6 is 0 Å². The van der Waals surface area contributed by atoms with E-state index in [1.807, 2.05) is 4.90 Å². The van der Waals surface area contributed by atoms with Crippen LogP contribution in [0.4, 0.5) is 40.7 Å². The average molecular weight is 845 g/mol. The number of aromatic nitrogens is 2. The molecule has 0 spiro atoms. The first-order chi connectivity index (χ1) is 27.8. The minimum absolute atomic E-state index is 0.0123. The summed E-state index contributed by atoms with van der Waals surface area (Å²) in [6, 6.07) is 9.32. The predicted molar refractivity (Wildman–Crippen MR) is 214 cm³/mol. The van der Waals surface area contributed by atoms with Gasteiger partial charge in [-0.25, -0.2) is 22.5 Å². The lowest BCUT2D eigenvalue weighted by atomic mass is 9.86. The Morgan fingerprint density at radius 2 is 1.78 bits per heavy atom. The smallest absolute Gasteiger partial charge is 0.388 e. The molecular weight excluding hydrogens is 793 g/mol. The van der Waals surface area contributed by atoms with Crippen LogP contribution in [0.3, 0.4) is 0 Å². The van der Waals surface area contributed by atoms with E-state index >= 15 is 4.39 Å². The Bertz CT molecular complexity index is 2170. The predicted octanol–water partition coefficient (Wildman–Crippen LogP) is 5.61. The van der Waals surface area contributed by atoms with Crippen LogP contribution in [0.5, 0.6) is 0 Å². The van der Waals surface area contributed by atoms with Gasteiger partial charge in [-0.15, -0.1) is 0 Å². The second kappa shape index (κ2) is 16.9. The molecule has 3 saturated heterocycles. The van der Waals surface area contributed by atoms with Crippen LogP contribution in [-0.2, 0) is 25.8 Å². The van der Waals surface area contributed by atoms with Crippen molar-refractivity contribution in [3.05, 3.63) is 65.1 Å². The van der Waals surface area contributed by atoms with Crippen LogP contribution in [0.1, 0.15) is 87.8 Å². The van der Waals surface area contributed by atoms with Gasteiger partial charge in [0.2, 0.25) is 27.8 Å². The fourth-order valence-corrected chi connectivity index (χ4v) is 10.3. The molecule has 1 unspecified atom stereocenters. The molecule has 4 N–H and O–H groups in total. The molecule has 2 aromatic carbocycles. The van der Waals surface area contributed by atoms with E-state index in [1.165, 1.54) is 23.1 Å². The van der Waals surface area contributed by atoms with Gasteiger partial charge in [0.25, 0.3) is 0 Å². The Hall–Kier alpha value is -4.39. The first-order valence-corrected chi connectivity index (χ1v) is 21.8. The highest BCUT2D eigenvalue weighted by Gasteiger charge is 2.40. The van der Waals surface area contributed by atoms with Crippen molar-refractivity contribution in [1.29, 1.82) is 0 Å². The number of nitrogens with zero attached hydrogens (tertiary/aromatic N) is 5. The summed E-state index contributed by atoms with van der Waals surface area (Å²) in [4.78, 5) is 37.9. The number of alkyl halides is 3. The third-order valence-corrected chi connectivity index (χ3v) is 13.7. The van der Waals surface area contributed by atoms with Crippen molar-refractivity contribution in [3.63, 3.8) is 0 Å². The Kier molecular flexibility index (Phi) is 12.3. The number of carbonyl (C=O) groups is 2. The van der Waals surface area contributed by atoms with E-state index in [9.17, 15) is 36.3 Å². The molecule has 2 amide bonds. The molecule has 59 heavy (non-hydrogen) atoms. The largest absolute Gasteiger partial charge is 0.421 e. The SMILES string of the molecule is Cc1cc(S(=O)(=O)NC2CCC(CN3CCN(c4ccc(C5CCC(=O)NC5=O)cc4F)C[C@@H]3C)CC2)ccc1Nc1ncc(C(F)(F)F)c(N2CCC[C@](C)(O)C2)n1. The topological polar surface area (TPSA) is 160 Å². The summed E-state index contributed by atoms with van der Waals surface area (Å²) >= 11 is 0. The molecule has 0 radical (unpaired) electrons. The number of piperazine rings is 1. The molecule has 3 aliphatic heterocycles. The number of β-amino-alcohol motifs (C(OH)–C–C–N with tert-alkyl or cyclic N) is 1. The number of benzene rings is 2. The second-order valence-corrected chi connectivity index (χ2v) is 18.6. The van der Waals surface area contributed by atoms with E-state index in [0.29, 0.717) is 80.2 Å². The molecule has 7 rings (SSSR count). The number of sulfonamides is 1. The summed E-state index contributed by atoms with van der Waals surface area (Å²) in [5.74, 6) is -1.65. The minimum atomic E-state index is -4.70. The van der Waals surface area contributed by atoms with E-state index in [2.05, 4.69) is 37.1 Å². The van der Waals surface area contributed by atoms with Gasteiger partial charge >= 0.3 is 6.18 Å². The van der Waals surface area contributed by atoms with Crippen molar-refractivity contribution < 1.29 is 40.7 Å². The fourth-order valence-electron chi connectivity index (χ4n) is 8.91. The highest BCUT2D eigenvalue weighted by Crippen LogP contribution is 2.38. The van der Waals surface area contributed by atoms with Crippen molar-refractivity contribution in [2.45, 2.75) is 107 Å². The third kappa shape index (κ3) is 9.98. The van der Waals surface area contributed by atoms with Crippen LogP contribution in [0.25, 0.3) is 0 Å². The zero-order chi connectivity index (χ0) is 42.3. The molecule has 320 valence electrons. The summed E-state index contributed by atoms with van der Waals surface area (Å²) in [5.41, 5.74) is -0.138. The maximum atomic E-state index is 15.4. The van der Waals surface area contributed by atoms with E-state index in [0.717, 1.165) is 32.1 Å². The number of piperidine rings is 2. The highest BCUT2D eigenvalue weighted by atomic mass is 32.2. The van der Waals surface area contributed by atoms with Gasteiger partial charge in [0.05, 0.1) is 22.1 Å². The molecule has 1 aromatic heterocycles. The molecular formula is C41H52F4N8O5S. The van der Waals surface area contributed by atoms with Crippen molar-refractivity contribution in [2.75, 3.05) is 54.4 Å². The summed E-state index contributed by atoms with van der Waals surface area (Å²) in [7, 11) is -3.87. The molecule has 13 nitrogen and oxygen atoms in total. The maximum absolute atomic E-state index is 15.4. The van der Waals surface area contributed by atoms with Gasteiger partial charge in [-0.3, -0.25) is 19.8 Å². The molecule has 1 aliphatic carbocycles. The van der Waals surface area contributed by atoms with Crippen LogP contribution < -0.4 is 25.2 Å². The molecule has 4 aliphatic rings. The van der Waals surface area contributed by atoms with Gasteiger partial charge in [0, 0.05) is 69.7 Å². The summed E-state index contributed by atoms with van der Waals surface area (Å²) in [6.45, 7) is 8.58. The standard InChI is InChI=1S/C41H52F4N8O5S/c1-25-19-30(10-12-34(25)47-39-46-21-32(41(43,44)45)37(49-39)53-16-4-15-40(3,56)24-53)59(57,58)50-29-8-5-27(6-9-29)23-51-17-18-52(22-26(51)2)35-13-7-28(20-33(35)42)31-11-14-36(54)48-38(31)55/h7,10,12-13,19-21,26-27,29,31,50,56H,4-6,8-9,11,14-18,22-24H2,1-3H3,(H,46,47,49)(H,48,54,55)/t26-,27?,29?,31?,40-/m0/s1. The number of carbonyl (C=O) groups excluding carboxylic acids is 2. The lowest BCUT2D eigenvalue weighted by Gasteiger charge is -2.43. The quantitative estimate of drug-likeness (QED) is 0.149. The lowest BCUT2D eigenvalue weighted by Crippen LogP contribution is -2.53. The number of imide groups is 1.